The molecule has 0 rings (SSSR count). The summed E-state index contributed by atoms with van der Waals surface area (Å²) in [5.74, 6) is -0.895. The Kier molecular flexibility index (Phi) is 7.83. The van der Waals surface area contributed by atoms with Crippen LogP contribution in [0.25, 0.3) is 0 Å². The molecule has 0 aliphatic carbocycles. The van der Waals surface area contributed by atoms with Gasteiger partial charge in [-0.3, -0.25) is 14.4 Å². The van der Waals surface area contributed by atoms with Gasteiger partial charge in [-0.25, -0.2) is 5.48 Å². The summed E-state index contributed by atoms with van der Waals surface area (Å²) >= 11 is 0. The molecule has 0 saturated carbocycles. The van der Waals surface area contributed by atoms with Crippen molar-refractivity contribution in [3.63, 3.8) is 0 Å². The highest BCUT2D eigenvalue weighted by Crippen LogP contribution is 2.05. The fourth-order valence-corrected chi connectivity index (χ4v) is 1.08. The van der Waals surface area contributed by atoms with Gasteiger partial charge in [-0.15, -0.1) is 0 Å². The van der Waals surface area contributed by atoms with Crippen molar-refractivity contribution in [2.75, 3.05) is 7.11 Å². The minimum absolute atomic E-state index is 0.134. The lowest BCUT2D eigenvalue weighted by atomic mass is 10.1. The number of unbranched alkanes of at least 4 members (excludes halogenated alkanes) is 3. The van der Waals surface area contributed by atoms with Gasteiger partial charge in [-0.1, -0.05) is 12.8 Å². The maximum atomic E-state index is 10.9. The van der Waals surface area contributed by atoms with Crippen molar-refractivity contribution >= 4 is 11.9 Å². The van der Waals surface area contributed by atoms with E-state index in [2.05, 4.69) is 10.3 Å². The molecule has 0 spiro atoms. The molecule has 0 aromatic carbocycles. The fourth-order valence-electron chi connectivity index (χ4n) is 1.08. The molecule has 0 unspecified atom stereocenters. The quantitative estimate of drug-likeness (QED) is 0.457. The number of hydroxylamine groups is 1. The van der Waals surface area contributed by atoms with Gasteiger partial charge in [0.25, 0.3) is 0 Å². The molecule has 0 atom stereocenters. The van der Waals surface area contributed by atoms with Gasteiger partial charge >= 0.3 is 5.97 Å². The van der Waals surface area contributed by atoms with Crippen LogP contribution < -0.4 is 5.48 Å². The van der Waals surface area contributed by atoms with Crippen LogP contribution in [0.15, 0.2) is 0 Å². The van der Waals surface area contributed by atoms with E-state index in [1.54, 1.807) is 0 Å². The lowest BCUT2D eigenvalue weighted by Crippen LogP contribution is -2.21. The molecule has 0 bridgehead atoms. The number of nitrogens with one attached hydrogen (secondary N) is 1. The van der Waals surface area contributed by atoms with Gasteiger partial charge in [0.05, 0.1) is 7.11 Å². The Morgan fingerprint density at radius 2 is 1.71 bits per heavy atom. The molecule has 0 aliphatic rings. The van der Waals surface area contributed by atoms with Crippen molar-refractivity contribution in [2.24, 2.45) is 0 Å². The van der Waals surface area contributed by atoms with Crippen LogP contribution in [0.1, 0.15) is 38.5 Å². The molecule has 1 amide bonds. The summed E-state index contributed by atoms with van der Waals surface area (Å²) in [5.41, 5.74) is 2.22. The molecule has 5 heteroatoms. The Morgan fingerprint density at radius 3 is 2.21 bits per heavy atom. The molecule has 14 heavy (non-hydrogen) atoms. The van der Waals surface area contributed by atoms with Crippen molar-refractivity contribution in [3.05, 3.63) is 0 Å². The summed E-state index contributed by atoms with van der Waals surface area (Å²) in [4.78, 5) is 25.4. The smallest absolute Gasteiger partial charge is 0.303 e. The van der Waals surface area contributed by atoms with Crippen molar-refractivity contribution in [3.8, 4) is 0 Å². The minimum atomic E-state index is -0.762. The third kappa shape index (κ3) is 8.99. The fraction of sp³-hybridized carbons (Fsp3) is 0.778. The van der Waals surface area contributed by atoms with E-state index in [4.69, 9.17) is 5.11 Å². The number of amides is 1. The van der Waals surface area contributed by atoms with Crippen molar-refractivity contribution in [1.29, 1.82) is 0 Å². The van der Waals surface area contributed by atoms with E-state index >= 15 is 0 Å². The van der Waals surface area contributed by atoms with E-state index in [0.29, 0.717) is 12.8 Å². The third-order valence-electron chi connectivity index (χ3n) is 1.76. The first-order valence-corrected chi connectivity index (χ1v) is 4.70. The van der Waals surface area contributed by atoms with Crippen molar-refractivity contribution in [2.45, 2.75) is 38.5 Å². The van der Waals surface area contributed by atoms with Gasteiger partial charge in [0.1, 0.15) is 0 Å². The second-order valence-electron chi connectivity index (χ2n) is 3.04. The average molecular weight is 203 g/mol. The van der Waals surface area contributed by atoms with Gasteiger partial charge < -0.3 is 5.11 Å². The maximum Gasteiger partial charge on any atom is 0.303 e. The molecule has 5 nitrogen and oxygen atoms in total. The van der Waals surface area contributed by atoms with E-state index in [-0.39, 0.29) is 12.3 Å². The topological polar surface area (TPSA) is 75.6 Å². The van der Waals surface area contributed by atoms with Crippen LogP contribution in [0.4, 0.5) is 0 Å². The molecule has 0 radical (unpaired) electrons. The lowest BCUT2D eigenvalue weighted by Gasteiger charge is -2.01. The Bertz CT molecular complexity index is 182. The average Bonchev–Trinajstić information content (AvgIpc) is 2.11. The molecule has 0 aromatic heterocycles. The van der Waals surface area contributed by atoms with Gasteiger partial charge in [0.15, 0.2) is 0 Å². The van der Waals surface area contributed by atoms with E-state index in [1.165, 1.54) is 7.11 Å². The Morgan fingerprint density at radius 1 is 1.14 bits per heavy atom. The molecule has 0 fully saturated rings. The maximum absolute atomic E-state index is 10.9. The second-order valence-corrected chi connectivity index (χ2v) is 3.04. The van der Waals surface area contributed by atoms with E-state index < -0.39 is 5.97 Å². The second kappa shape index (κ2) is 8.50. The zero-order valence-electron chi connectivity index (χ0n) is 8.41. The zero-order chi connectivity index (χ0) is 10.8. The van der Waals surface area contributed by atoms with Crippen LogP contribution >= 0.6 is 0 Å². The summed E-state index contributed by atoms with van der Waals surface area (Å²) in [5, 5.41) is 8.35. The van der Waals surface area contributed by atoms with Crippen LogP contribution in [-0.4, -0.2) is 24.1 Å². The lowest BCUT2D eigenvalue weighted by molar-refractivity contribution is -0.137. The normalized spacial score (nSPS) is 9.79. The number of carboxylic acid groups (broad SMARTS) is 1. The van der Waals surface area contributed by atoms with Crippen LogP contribution in [0.5, 0.6) is 0 Å². The standard InChI is InChI=1S/C9H17NO4/c1-14-10-8(11)6-4-2-3-5-7-9(12)13/h2-7H2,1H3,(H,10,11)(H,12,13). The Balaban J connectivity index is 3.13. The molecule has 0 saturated heterocycles. The van der Waals surface area contributed by atoms with E-state index in [0.717, 1.165) is 19.3 Å². The molecule has 82 valence electrons. The summed E-state index contributed by atoms with van der Waals surface area (Å²) in [6, 6.07) is 0. The highest BCUT2D eigenvalue weighted by Gasteiger charge is 2.00. The number of hydrogen-bond donors (Lipinski definition) is 2. The number of carbonyl (C=O) groups is 2. The molecular formula is C9H17NO4. The number of carbonyl (C=O) groups excluding carboxylic acids is 1. The highest BCUT2D eigenvalue weighted by molar-refractivity contribution is 5.74. The number of rotatable bonds is 8. The van der Waals surface area contributed by atoms with Gasteiger partial charge in [-0.05, 0) is 12.8 Å². The van der Waals surface area contributed by atoms with E-state index in [9.17, 15) is 9.59 Å². The van der Waals surface area contributed by atoms with E-state index in [1.807, 2.05) is 0 Å². The summed E-state index contributed by atoms with van der Waals surface area (Å²) in [7, 11) is 1.39. The van der Waals surface area contributed by atoms with Crippen molar-refractivity contribution in [1.82, 2.24) is 5.48 Å². The molecule has 2 N–H and O–H groups in total. The van der Waals surface area contributed by atoms with Crippen LogP contribution in [-0.2, 0) is 14.4 Å². The van der Waals surface area contributed by atoms with Gasteiger partial charge in [-0.2, -0.15) is 0 Å². The SMILES string of the molecule is CONC(=O)CCCCCCC(=O)O. The Hall–Kier alpha value is -1.10. The summed E-state index contributed by atoms with van der Waals surface area (Å²) in [6.07, 6.45) is 3.83. The monoisotopic (exact) mass is 203 g/mol. The number of hydrogen-bond acceptors (Lipinski definition) is 3. The van der Waals surface area contributed by atoms with Gasteiger partial charge in [0.2, 0.25) is 5.91 Å². The molecule has 0 heterocycles. The molecule has 0 aliphatic heterocycles. The number of carboxylic acids is 1. The predicted molar refractivity (Wildman–Crippen MR) is 50.5 cm³/mol. The summed E-state index contributed by atoms with van der Waals surface area (Å²) in [6.45, 7) is 0. The molecule has 0 aromatic rings. The summed E-state index contributed by atoms with van der Waals surface area (Å²) < 4.78 is 0. The Labute approximate surface area is 83.4 Å². The van der Waals surface area contributed by atoms with Crippen LogP contribution in [0.3, 0.4) is 0 Å². The van der Waals surface area contributed by atoms with Crippen LogP contribution in [0.2, 0.25) is 0 Å². The van der Waals surface area contributed by atoms with Crippen LogP contribution in [0, 0.1) is 0 Å². The van der Waals surface area contributed by atoms with Crippen molar-refractivity contribution < 1.29 is 19.5 Å². The molecular weight excluding hydrogens is 186 g/mol. The largest absolute Gasteiger partial charge is 0.481 e. The zero-order valence-corrected chi connectivity index (χ0v) is 8.41. The first-order chi connectivity index (χ1) is 6.66. The van der Waals surface area contributed by atoms with Gasteiger partial charge in [0, 0.05) is 12.8 Å². The number of aliphatic carboxylic acids is 1. The first kappa shape index (κ1) is 12.9. The highest BCUT2D eigenvalue weighted by atomic mass is 16.6. The predicted octanol–water partition coefficient (Wildman–Crippen LogP) is 1.09. The first-order valence-electron chi connectivity index (χ1n) is 4.70. The minimum Gasteiger partial charge on any atom is -0.481 e. The third-order valence-corrected chi connectivity index (χ3v) is 1.76.